The molecule has 0 aliphatic heterocycles. The first kappa shape index (κ1) is 13.1. The van der Waals surface area contributed by atoms with Gasteiger partial charge in [-0.05, 0) is 17.7 Å². The zero-order valence-electron chi connectivity index (χ0n) is 9.73. The van der Waals surface area contributed by atoms with Gasteiger partial charge in [0, 0.05) is 29.7 Å². The Morgan fingerprint density at radius 3 is 2.72 bits per heavy atom. The van der Waals surface area contributed by atoms with Gasteiger partial charge in [-0.1, -0.05) is 34.5 Å². The van der Waals surface area contributed by atoms with Gasteiger partial charge in [0.15, 0.2) is 0 Å². The van der Waals surface area contributed by atoms with E-state index in [0.717, 1.165) is 5.56 Å². The van der Waals surface area contributed by atoms with Gasteiger partial charge in [-0.25, -0.2) is 0 Å². The summed E-state index contributed by atoms with van der Waals surface area (Å²) >= 11 is 11.8. The van der Waals surface area contributed by atoms with E-state index in [4.69, 9.17) is 23.2 Å². The van der Waals surface area contributed by atoms with Gasteiger partial charge in [-0.3, -0.25) is 9.48 Å². The summed E-state index contributed by atoms with van der Waals surface area (Å²) in [4.78, 5) is 11.9. The zero-order chi connectivity index (χ0) is 13.1. The van der Waals surface area contributed by atoms with Crippen molar-refractivity contribution in [2.75, 3.05) is 0 Å². The van der Waals surface area contributed by atoms with Crippen LogP contribution in [-0.4, -0.2) is 20.8 Å². The molecule has 1 heterocycles. The molecule has 4 nitrogen and oxygen atoms in total. The Bertz CT molecular complexity index is 580. The summed E-state index contributed by atoms with van der Waals surface area (Å²) in [6.45, 7) is 0. The Labute approximate surface area is 115 Å². The fraction of sp³-hybridized carbons (Fsp3) is 0.250. The molecule has 0 bridgehead atoms. The van der Waals surface area contributed by atoms with Crippen LogP contribution in [0.3, 0.4) is 0 Å². The van der Waals surface area contributed by atoms with Crippen molar-refractivity contribution in [1.29, 1.82) is 0 Å². The molecule has 1 aromatic carbocycles. The summed E-state index contributed by atoms with van der Waals surface area (Å²) < 4.78 is 1.57. The molecule has 0 radical (unpaired) electrons. The van der Waals surface area contributed by atoms with Gasteiger partial charge >= 0.3 is 0 Å². The van der Waals surface area contributed by atoms with E-state index < -0.39 is 0 Å². The third kappa shape index (κ3) is 3.31. The number of Topliss-reactive ketones (excluding diaryl/α,β-unsaturated/α-hetero) is 1. The smallest absolute Gasteiger partial charge is 0.143 e. The molecule has 0 fully saturated rings. The van der Waals surface area contributed by atoms with E-state index in [0.29, 0.717) is 15.7 Å². The molecule has 18 heavy (non-hydrogen) atoms. The predicted octanol–water partition coefficient (Wildman–Crippen LogP) is 2.48. The van der Waals surface area contributed by atoms with Gasteiger partial charge in [-0.15, -0.1) is 5.10 Å². The van der Waals surface area contributed by atoms with E-state index in [1.54, 1.807) is 36.1 Å². The number of hydrogen-bond acceptors (Lipinski definition) is 3. The summed E-state index contributed by atoms with van der Waals surface area (Å²) in [7, 11) is 1.76. The summed E-state index contributed by atoms with van der Waals surface area (Å²) in [5.41, 5.74) is 1.43. The maximum absolute atomic E-state index is 11.9. The van der Waals surface area contributed by atoms with Crippen LogP contribution in [0.4, 0.5) is 0 Å². The molecule has 2 rings (SSSR count). The van der Waals surface area contributed by atoms with Gasteiger partial charge in [0.05, 0.1) is 12.1 Å². The van der Waals surface area contributed by atoms with Crippen LogP contribution in [0.2, 0.25) is 10.0 Å². The van der Waals surface area contributed by atoms with Crippen molar-refractivity contribution in [1.82, 2.24) is 15.0 Å². The fourth-order valence-corrected chi connectivity index (χ4v) is 2.09. The van der Waals surface area contributed by atoms with Crippen LogP contribution >= 0.6 is 23.2 Å². The molecule has 1 aromatic heterocycles. The summed E-state index contributed by atoms with van der Waals surface area (Å²) in [6, 6.07) is 5.12. The highest BCUT2D eigenvalue weighted by Crippen LogP contribution is 2.21. The second-order valence-electron chi connectivity index (χ2n) is 4.01. The van der Waals surface area contributed by atoms with Gasteiger partial charge in [-0.2, -0.15) is 0 Å². The molecule has 6 heteroatoms. The molecule has 0 saturated heterocycles. The highest BCUT2D eigenvalue weighted by atomic mass is 35.5. The lowest BCUT2D eigenvalue weighted by Crippen LogP contribution is -2.07. The van der Waals surface area contributed by atoms with E-state index in [2.05, 4.69) is 10.3 Å². The van der Waals surface area contributed by atoms with E-state index in [1.165, 1.54) is 0 Å². The molecule has 0 aliphatic rings. The highest BCUT2D eigenvalue weighted by molar-refractivity contribution is 6.35. The average Bonchev–Trinajstić information content (AvgIpc) is 2.68. The summed E-state index contributed by atoms with van der Waals surface area (Å²) in [5.74, 6) is 0.0414. The number of nitrogens with zero attached hydrogens (tertiary/aromatic N) is 3. The lowest BCUT2D eigenvalue weighted by atomic mass is 10.1. The van der Waals surface area contributed by atoms with Crippen molar-refractivity contribution in [2.45, 2.75) is 12.8 Å². The molecule has 0 saturated carbocycles. The third-order valence-electron chi connectivity index (χ3n) is 2.43. The largest absolute Gasteiger partial charge is 0.299 e. The second-order valence-corrected chi connectivity index (χ2v) is 4.86. The van der Waals surface area contributed by atoms with Gasteiger partial charge in [0.25, 0.3) is 0 Å². The van der Waals surface area contributed by atoms with Crippen LogP contribution in [0, 0.1) is 0 Å². The number of ketones is 1. The van der Waals surface area contributed by atoms with E-state index >= 15 is 0 Å². The van der Waals surface area contributed by atoms with Gasteiger partial charge < -0.3 is 0 Å². The molecule has 0 aliphatic carbocycles. The van der Waals surface area contributed by atoms with E-state index in [1.807, 2.05) is 0 Å². The molecule has 0 spiro atoms. The Balaban J connectivity index is 2.03. The molecule has 2 aromatic rings. The van der Waals surface area contributed by atoms with Crippen molar-refractivity contribution in [3.8, 4) is 0 Å². The first-order valence-electron chi connectivity index (χ1n) is 5.35. The average molecular weight is 284 g/mol. The number of aromatic nitrogens is 3. The van der Waals surface area contributed by atoms with Crippen molar-refractivity contribution >= 4 is 29.0 Å². The fourth-order valence-electron chi connectivity index (χ4n) is 1.62. The SMILES string of the molecule is Cn1cc(CC(=O)Cc2ccc(Cl)cc2Cl)nn1. The standard InChI is InChI=1S/C12H11Cl2N3O/c1-17-7-10(15-16-17)6-11(18)4-8-2-3-9(13)5-12(8)14/h2-3,5,7H,4,6H2,1H3. The molecule has 0 atom stereocenters. The van der Waals surface area contributed by atoms with Crippen LogP contribution in [0.5, 0.6) is 0 Å². The van der Waals surface area contributed by atoms with Gasteiger partial charge in [0.1, 0.15) is 5.78 Å². The molecular formula is C12H11Cl2N3O. The van der Waals surface area contributed by atoms with E-state index in [9.17, 15) is 4.79 Å². The molecule has 0 unspecified atom stereocenters. The van der Waals surface area contributed by atoms with Crippen LogP contribution in [0.1, 0.15) is 11.3 Å². The van der Waals surface area contributed by atoms with Gasteiger partial charge in [0.2, 0.25) is 0 Å². The maximum atomic E-state index is 11.9. The topological polar surface area (TPSA) is 47.8 Å². The number of carbonyl (C=O) groups excluding carboxylic acids is 1. The lowest BCUT2D eigenvalue weighted by molar-refractivity contribution is -0.117. The quantitative estimate of drug-likeness (QED) is 0.866. The number of benzene rings is 1. The third-order valence-corrected chi connectivity index (χ3v) is 3.02. The molecule has 94 valence electrons. The minimum atomic E-state index is 0.0414. The van der Waals surface area contributed by atoms with Crippen molar-refractivity contribution in [2.24, 2.45) is 7.05 Å². The Morgan fingerprint density at radius 1 is 1.33 bits per heavy atom. The van der Waals surface area contributed by atoms with Crippen LogP contribution < -0.4 is 0 Å². The maximum Gasteiger partial charge on any atom is 0.143 e. The minimum absolute atomic E-state index is 0.0414. The molecular weight excluding hydrogens is 273 g/mol. The van der Waals surface area contributed by atoms with Crippen molar-refractivity contribution in [3.05, 3.63) is 45.7 Å². The Hall–Kier alpha value is -1.39. The number of hydrogen-bond donors (Lipinski definition) is 0. The first-order valence-corrected chi connectivity index (χ1v) is 6.11. The van der Waals surface area contributed by atoms with Crippen molar-refractivity contribution in [3.63, 3.8) is 0 Å². The minimum Gasteiger partial charge on any atom is -0.299 e. The highest BCUT2D eigenvalue weighted by Gasteiger charge is 2.10. The Kier molecular flexibility index (Phi) is 3.99. The molecule has 0 N–H and O–H groups in total. The van der Waals surface area contributed by atoms with Crippen LogP contribution in [-0.2, 0) is 24.7 Å². The number of halogens is 2. The van der Waals surface area contributed by atoms with E-state index in [-0.39, 0.29) is 18.6 Å². The van der Waals surface area contributed by atoms with Crippen LogP contribution in [0.15, 0.2) is 24.4 Å². The number of rotatable bonds is 4. The lowest BCUT2D eigenvalue weighted by Gasteiger charge is -2.03. The second kappa shape index (κ2) is 5.50. The first-order chi connectivity index (χ1) is 8.54. The zero-order valence-corrected chi connectivity index (χ0v) is 11.2. The normalized spacial score (nSPS) is 10.6. The number of aryl methyl sites for hydroxylation is 1. The molecule has 0 amide bonds. The summed E-state index contributed by atoms with van der Waals surface area (Å²) in [6.07, 6.45) is 2.25. The summed E-state index contributed by atoms with van der Waals surface area (Å²) in [5, 5.41) is 8.72. The Morgan fingerprint density at radius 2 is 2.11 bits per heavy atom. The number of carbonyl (C=O) groups is 1. The predicted molar refractivity (Wildman–Crippen MR) is 69.9 cm³/mol. The van der Waals surface area contributed by atoms with Crippen LogP contribution in [0.25, 0.3) is 0 Å². The van der Waals surface area contributed by atoms with Crippen molar-refractivity contribution < 1.29 is 4.79 Å². The monoisotopic (exact) mass is 283 g/mol.